The summed E-state index contributed by atoms with van der Waals surface area (Å²) in [6.07, 6.45) is 1.44. The van der Waals surface area contributed by atoms with Crippen molar-refractivity contribution in [3.63, 3.8) is 0 Å². The molecule has 2 rings (SSSR count). The lowest BCUT2D eigenvalue weighted by Crippen LogP contribution is -1.97. The molecule has 0 aliphatic rings. The first-order chi connectivity index (χ1) is 5.68. The van der Waals surface area contributed by atoms with Gasteiger partial charge in [-0.2, -0.15) is 5.10 Å². The van der Waals surface area contributed by atoms with Gasteiger partial charge in [0.25, 0.3) is 0 Å². The summed E-state index contributed by atoms with van der Waals surface area (Å²) >= 11 is 0. The zero-order valence-corrected chi connectivity index (χ0v) is 6.31. The van der Waals surface area contributed by atoms with Crippen molar-refractivity contribution < 1.29 is 9.52 Å². The molecule has 0 atom stereocenters. The molecule has 0 amide bonds. The van der Waals surface area contributed by atoms with E-state index in [1.807, 2.05) is 0 Å². The largest absolute Gasteiger partial charge is 0.507 e. The normalized spacial score (nSPS) is 10.8. The van der Waals surface area contributed by atoms with E-state index in [2.05, 4.69) is 5.10 Å². The van der Waals surface area contributed by atoms with Crippen LogP contribution in [0.3, 0.4) is 0 Å². The van der Waals surface area contributed by atoms with Gasteiger partial charge in [-0.3, -0.25) is 0 Å². The first-order valence-corrected chi connectivity index (χ1v) is 3.33. The molecule has 2 aromatic heterocycles. The van der Waals surface area contributed by atoms with Gasteiger partial charge in [-0.25, -0.2) is 9.48 Å². The maximum absolute atomic E-state index is 10.8. The molecule has 0 radical (unpaired) electrons. The molecule has 62 valence electrons. The summed E-state index contributed by atoms with van der Waals surface area (Å²) in [4.78, 5) is 10.8. The number of aromatic hydroxyl groups is 1. The summed E-state index contributed by atoms with van der Waals surface area (Å²) < 4.78 is 6.18. The highest BCUT2D eigenvalue weighted by Gasteiger charge is 2.07. The molecule has 2 aromatic rings. The lowest BCUT2D eigenvalue weighted by molar-refractivity contribution is 0.463. The molecule has 0 unspecified atom stereocenters. The van der Waals surface area contributed by atoms with Crippen LogP contribution < -0.4 is 5.63 Å². The number of fused-ring (bicyclic) bond motifs is 1. The molecule has 0 fully saturated rings. The number of nitrogens with zero attached hydrogens (tertiary/aromatic N) is 2. The maximum Gasteiger partial charge on any atom is 0.341 e. The van der Waals surface area contributed by atoms with E-state index in [9.17, 15) is 9.90 Å². The number of aryl methyl sites for hydroxylation is 1. The van der Waals surface area contributed by atoms with Crippen LogP contribution in [0, 0.1) is 0 Å². The minimum atomic E-state index is -0.580. The number of hydrogen-bond donors (Lipinski definition) is 1. The third kappa shape index (κ3) is 0.795. The molecule has 0 saturated heterocycles. The van der Waals surface area contributed by atoms with Crippen LogP contribution in [-0.2, 0) is 7.05 Å². The smallest absolute Gasteiger partial charge is 0.341 e. The Bertz CT molecular complexity index is 483. The van der Waals surface area contributed by atoms with Crippen molar-refractivity contribution >= 4 is 11.1 Å². The summed E-state index contributed by atoms with van der Waals surface area (Å²) in [5.41, 5.74) is -0.302. The Hall–Kier alpha value is -1.78. The third-order valence-corrected chi connectivity index (χ3v) is 1.61. The molecule has 0 saturated carbocycles. The van der Waals surface area contributed by atoms with E-state index in [0.717, 1.165) is 6.07 Å². The number of rotatable bonds is 0. The zero-order valence-electron chi connectivity index (χ0n) is 6.31. The quantitative estimate of drug-likeness (QED) is 0.608. The van der Waals surface area contributed by atoms with Gasteiger partial charge in [0.2, 0.25) is 5.71 Å². The molecule has 12 heavy (non-hydrogen) atoms. The average molecular weight is 166 g/mol. The van der Waals surface area contributed by atoms with Crippen LogP contribution in [0.5, 0.6) is 5.75 Å². The molecule has 1 N–H and O–H groups in total. The molecular formula is C7H6N2O3. The molecule has 0 aliphatic heterocycles. The van der Waals surface area contributed by atoms with Gasteiger partial charge < -0.3 is 9.52 Å². The highest BCUT2D eigenvalue weighted by atomic mass is 16.4. The minimum absolute atomic E-state index is 0.102. The standard InChI is InChI=1S/C7H6N2O3/c1-9-7-4(3-8-9)5(10)2-6(11)12-7/h2-3,10H,1H3. The van der Waals surface area contributed by atoms with E-state index >= 15 is 0 Å². The van der Waals surface area contributed by atoms with E-state index in [4.69, 9.17) is 4.42 Å². The topological polar surface area (TPSA) is 68.3 Å². The second kappa shape index (κ2) is 2.10. The van der Waals surface area contributed by atoms with Crippen LogP contribution >= 0.6 is 0 Å². The van der Waals surface area contributed by atoms with Gasteiger partial charge in [-0.1, -0.05) is 0 Å². The highest BCUT2D eigenvalue weighted by molar-refractivity contribution is 5.79. The number of aromatic nitrogens is 2. The van der Waals surface area contributed by atoms with Crippen LogP contribution in [0.15, 0.2) is 21.5 Å². The van der Waals surface area contributed by atoms with Gasteiger partial charge in [0.1, 0.15) is 5.75 Å². The monoisotopic (exact) mass is 166 g/mol. The van der Waals surface area contributed by atoms with E-state index in [-0.39, 0.29) is 11.5 Å². The summed E-state index contributed by atoms with van der Waals surface area (Å²) in [6.45, 7) is 0. The van der Waals surface area contributed by atoms with Gasteiger partial charge in [0, 0.05) is 7.05 Å². The Morgan fingerprint density at radius 3 is 3.17 bits per heavy atom. The Morgan fingerprint density at radius 2 is 2.42 bits per heavy atom. The van der Waals surface area contributed by atoms with Crippen molar-refractivity contribution in [2.75, 3.05) is 0 Å². The first kappa shape index (κ1) is 6.90. The van der Waals surface area contributed by atoms with Crippen molar-refractivity contribution in [2.45, 2.75) is 0 Å². The molecule has 5 nitrogen and oxygen atoms in total. The zero-order chi connectivity index (χ0) is 8.72. The molecule has 0 aromatic carbocycles. The Balaban J connectivity index is 3.02. The second-order valence-corrected chi connectivity index (χ2v) is 2.44. The fourth-order valence-electron chi connectivity index (χ4n) is 1.04. The van der Waals surface area contributed by atoms with Gasteiger partial charge in [0.05, 0.1) is 17.6 Å². The molecule has 0 aliphatic carbocycles. The van der Waals surface area contributed by atoms with Crippen LogP contribution in [0.1, 0.15) is 0 Å². The van der Waals surface area contributed by atoms with Crippen LogP contribution in [0.4, 0.5) is 0 Å². The second-order valence-electron chi connectivity index (χ2n) is 2.44. The maximum atomic E-state index is 10.8. The Morgan fingerprint density at radius 1 is 1.67 bits per heavy atom. The summed E-state index contributed by atoms with van der Waals surface area (Å²) in [6, 6.07) is 1.02. The molecule has 0 spiro atoms. The van der Waals surface area contributed by atoms with Crippen LogP contribution in [-0.4, -0.2) is 14.9 Å². The van der Waals surface area contributed by atoms with Crippen molar-refractivity contribution in [3.8, 4) is 5.75 Å². The lowest BCUT2D eigenvalue weighted by atomic mass is 10.3. The summed E-state index contributed by atoms with van der Waals surface area (Å²) in [5, 5.41) is 13.5. The van der Waals surface area contributed by atoms with E-state index in [1.54, 1.807) is 7.05 Å². The fraction of sp³-hybridized carbons (Fsp3) is 0.143. The predicted molar refractivity (Wildman–Crippen MR) is 40.9 cm³/mol. The highest BCUT2D eigenvalue weighted by Crippen LogP contribution is 2.20. The van der Waals surface area contributed by atoms with Crippen molar-refractivity contribution in [3.05, 3.63) is 22.7 Å². The van der Waals surface area contributed by atoms with E-state index in [1.165, 1.54) is 10.9 Å². The van der Waals surface area contributed by atoms with E-state index in [0.29, 0.717) is 5.39 Å². The Kier molecular flexibility index (Phi) is 1.21. The van der Waals surface area contributed by atoms with Crippen molar-refractivity contribution in [1.29, 1.82) is 0 Å². The molecule has 2 heterocycles. The number of hydrogen-bond acceptors (Lipinski definition) is 4. The molecular weight excluding hydrogens is 160 g/mol. The molecule has 5 heteroatoms. The van der Waals surface area contributed by atoms with Gasteiger partial charge in [0.15, 0.2) is 0 Å². The predicted octanol–water partition coefficient (Wildman–Crippen LogP) is 0.232. The van der Waals surface area contributed by atoms with Crippen molar-refractivity contribution in [1.82, 2.24) is 9.78 Å². The fourth-order valence-corrected chi connectivity index (χ4v) is 1.04. The van der Waals surface area contributed by atoms with Crippen LogP contribution in [0.2, 0.25) is 0 Å². The van der Waals surface area contributed by atoms with Crippen molar-refractivity contribution in [2.24, 2.45) is 7.05 Å². The van der Waals surface area contributed by atoms with Crippen LogP contribution in [0.25, 0.3) is 11.1 Å². The molecule has 0 bridgehead atoms. The first-order valence-electron chi connectivity index (χ1n) is 3.33. The van der Waals surface area contributed by atoms with Gasteiger partial charge >= 0.3 is 5.63 Å². The SMILES string of the molecule is Cn1ncc2c(O)cc(=O)oc21. The average Bonchev–Trinajstić information content (AvgIpc) is 2.33. The lowest BCUT2D eigenvalue weighted by Gasteiger charge is -1.92. The van der Waals surface area contributed by atoms with E-state index < -0.39 is 5.63 Å². The Labute approximate surface area is 66.8 Å². The summed E-state index contributed by atoms with van der Waals surface area (Å²) in [5.74, 6) is -0.102. The summed E-state index contributed by atoms with van der Waals surface area (Å²) in [7, 11) is 1.63. The third-order valence-electron chi connectivity index (χ3n) is 1.61. The minimum Gasteiger partial charge on any atom is -0.507 e. The van der Waals surface area contributed by atoms with Gasteiger partial charge in [-0.15, -0.1) is 0 Å². The van der Waals surface area contributed by atoms with Gasteiger partial charge in [-0.05, 0) is 0 Å².